The van der Waals surface area contributed by atoms with Crippen LogP contribution in [0.15, 0.2) is 0 Å². The second-order valence-corrected chi connectivity index (χ2v) is 12.3. The van der Waals surface area contributed by atoms with Crippen molar-refractivity contribution < 1.29 is 4.15 Å². The largest absolute Gasteiger partial charge is 0.386 e. The summed E-state index contributed by atoms with van der Waals surface area (Å²) in [7, 11) is -0.578. The van der Waals surface area contributed by atoms with Gasteiger partial charge in [0.15, 0.2) is 0 Å². The second kappa shape index (κ2) is 18.5. The summed E-state index contributed by atoms with van der Waals surface area (Å²) in [4.78, 5) is 0. The summed E-state index contributed by atoms with van der Waals surface area (Å²) >= 11 is 0. The van der Waals surface area contributed by atoms with Crippen LogP contribution in [0, 0.1) is 0 Å². The van der Waals surface area contributed by atoms with Crippen LogP contribution in [0.4, 0.5) is 0 Å². The number of hydrogen-bond acceptors (Lipinski definition) is 0. The minimum atomic E-state index is -0.578. The first-order valence-corrected chi connectivity index (χ1v) is 15.3. The minimum Gasteiger partial charge on any atom is -0.386 e. The van der Waals surface area contributed by atoms with Crippen molar-refractivity contribution in [3.05, 3.63) is 0 Å². The van der Waals surface area contributed by atoms with E-state index in [0.717, 1.165) is 0 Å². The molecule has 0 bridgehead atoms. The fourth-order valence-corrected chi connectivity index (χ4v) is 6.66. The van der Waals surface area contributed by atoms with Crippen LogP contribution in [0.25, 0.3) is 0 Å². The van der Waals surface area contributed by atoms with Gasteiger partial charge in [0.05, 0.1) is 19.6 Å². The average Bonchev–Trinajstić information content (AvgIpc) is 2.64. The van der Waals surface area contributed by atoms with E-state index in [0.29, 0.717) is 0 Å². The molecule has 0 aliphatic heterocycles. The molecule has 0 aliphatic rings. The normalized spacial score (nSPS) is 12.2. The van der Waals surface area contributed by atoms with Crippen LogP contribution in [-0.4, -0.2) is 32.7 Å². The van der Waals surface area contributed by atoms with Gasteiger partial charge in [-0.05, 0) is 39.8 Å². The zero-order chi connectivity index (χ0) is 19.5. The Bertz CT molecular complexity index is 273. The van der Waals surface area contributed by atoms with E-state index < -0.39 is 8.96 Å². The van der Waals surface area contributed by atoms with Crippen LogP contribution in [0.1, 0.15) is 124 Å². The zero-order valence-electron chi connectivity index (χ0n) is 19.5. The quantitative estimate of drug-likeness (QED) is 0.147. The highest BCUT2D eigenvalue weighted by Crippen LogP contribution is 2.16. The van der Waals surface area contributed by atoms with Crippen molar-refractivity contribution in [2.75, 3.05) is 19.6 Å². The molecule has 0 atom stereocenters. The van der Waals surface area contributed by atoms with Gasteiger partial charge in [0.2, 0.25) is 0 Å². The molecule has 0 aromatic rings. The molecule has 0 saturated heterocycles. The Hall–Kier alpha value is 0.177. The van der Waals surface area contributed by atoms with Crippen LogP contribution in [0.3, 0.4) is 0 Å². The van der Waals surface area contributed by atoms with Gasteiger partial charge in [-0.25, -0.2) is 0 Å². The maximum absolute atomic E-state index is 2.54. The summed E-state index contributed by atoms with van der Waals surface area (Å²) in [5, 5.41) is 0. The molecule has 0 heterocycles. The van der Waals surface area contributed by atoms with Gasteiger partial charge < -0.3 is 4.15 Å². The Balaban J connectivity index is 3.31. The van der Waals surface area contributed by atoms with Crippen molar-refractivity contribution in [2.24, 2.45) is 0 Å². The molecule has 0 aromatic carbocycles. The van der Waals surface area contributed by atoms with E-state index >= 15 is 0 Å². The molecule has 1 nitrogen and oxygen atoms in total. The number of quaternary nitrogens is 1. The second-order valence-electron chi connectivity index (χ2n) is 8.97. The molecular formula is C24H54NSi+. The molecule has 0 aromatic heterocycles. The molecule has 0 amide bonds. The maximum Gasteiger partial charge on any atom is 0.264 e. The van der Waals surface area contributed by atoms with Crippen molar-refractivity contribution >= 4 is 8.96 Å². The molecule has 0 rings (SSSR count). The molecule has 0 radical (unpaired) electrons. The lowest BCUT2D eigenvalue weighted by Crippen LogP contribution is -2.56. The predicted molar refractivity (Wildman–Crippen MR) is 125 cm³/mol. The van der Waals surface area contributed by atoms with Gasteiger partial charge in [0.25, 0.3) is 8.96 Å². The van der Waals surface area contributed by atoms with E-state index in [9.17, 15) is 0 Å². The van der Waals surface area contributed by atoms with Crippen molar-refractivity contribution in [3.8, 4) is 0 Å². The number of unbranched alkanes of at least 4 members (excludes halogenated alkanes) is 15. The summed E-state index contributed by atoms with van der Waals surface area (Å²) in [6, 6.07) is 0. The van der Waals surface area contributed by atoms with Crippen molar-refractivity contribution in [2.45, 2.75) is 137 Å². The van der Waals surface area contributed by atoms with Crippen LogP contribution < -0.4 is 0 Å². The van der Waals surface area contributed by atoms with Gasteiger partial charge in [-0.1, -0.05) is 96.8 Å². The standard InChI is InChI=1S/C24H54NSi/c1-6-9-10-11-12-13-14-15-16-17-18-19-20-21-22-23-24-25(7-2,8-3)26(4)5/h26H,6-24H2,1-5H3/q+1. The molecular weight excluding hydrogens is 330 g/mol. The van der Waals surface area contributed by atoms with Crippen LogP contribution in [0.2, 0.25) is 13.1 Å². The fourth-order valence-electron chi connectivity index (χ4n) is 4.50. The minimum absolute atomic E-state index is 0.578. The third kappa shape index (κ3) is 13.4. The number of nitrogens with zero attached hydrogens (tertiary/aromatic N) is 1. The van der Waals surface area contributed by atoms with Crippen molar-refractivity contribution in [1.82, 2.24) is 0 Å². The summed E-state index contributed by atoms with van der Waals surface area (Å²) in [6.45, 7) is 16.4. The van der Waals surface area contributed by atoms with E-state index in [4.69, 9.17) is 0 Å². The maximum atomic E-state index is 2.54. The highest BCUT2D eigenvalue weighted by Gasteiger charge is 2.27. The van der Waals surface area contributed by atoms with Gasteiger partial charge in [-0.15, -0.1) is 0 Å². The number of rotatable bonds is 20. The smallest absolute Gasteiger partial charge is 0.264 e. The van der Waals surface area contributed by atoms with Crippen LogP contribution in [-0.2, 0) is 0 Å². The first kappa shape index (κ1) is 26.2. The third-order valence-corrected chi connectivity index (χ3v) is 9.99. The molecule has 0 N–H and O–H groups in total. The van der Waals surface area contributed by atoms with E-state index in [1.54, 1.807) is 0 Å². The number of hydrogen-bond donors (Lipinski definition) is 0. The SMILES string of the molecule is CCCCCCCCCCCCCCCCCC[N+](CC)(CC)[SiH](C)C. The molecule has 26 heavy (non-hydrogen) atoms. The molecule has 2 heteroatoms. The molecule has 0 aliphatic carbocycles. The summed E-state index contributed by atoms with van der Waals surface area (Å²) in [5.74, 6) is 0. The van der Waals surface area contributed by atoms with Gasteiger partial charge in [0.1, 0.15) is 0 Å². The molecule has 0 unspecified atom stereocenters. The lowest BCUT2D eigenvalue weighted by molar-refractivity contribution is -0.824. The Morgan fingerprint density at radius 2 is 0.769 bits per heavy atom. The summed E-state index contributed by atoms with van der Waals surface area (Å²) < 4.78 is 1.46. The fraction of sp³-hybridized carbons (Fsp3) is 1.00. The first-order chi connectivity index (χ1) is 12.6. The zero-order valence-corrected chi connectivity index (χ0v) is 20.6. The predicted octanol–water partition coefficient (Wildman–Crippen LogP) is 8.09. The average molecular weight is 385 g/mol. The Morgan fingerprint density at radius 1 is 0.462 bits per heavy atom. The highest BCUT2D eigenvalue weighted by molar-refractivity contribution is 6.47. The molecule has 158 valence electrons. The Kier molecular flexibility index (Phi) is 18.7. The van der Waals surface area contributed by atoms with Crippen LogP contribution in [0.5, 0.6) is 0 Å². The van der Waals surface area contributed by atoms with Crippen LogP contribution >= 0.6 is 0 Å². The molecule has 0 fully saturated rings. The van der Waals surface area contributed by atoms with E-state index in [-0.39, 0.29) is 0 Å². The van der Waals surface area contributed by atoms with E-state index in [1.165, 1.54) is 127 Å². The van der Waals surface area contributed by atoms with Gasteiger partial charge >= 0.3 is 0 Å². The van der Waals surface area contributed by atoms with Gasteiger partial charge in [0, 0.05) is 0 Å². The summed E-state index contributed by atoms with van der Waals surface area (Å²) in [5.41, 5.74) is 0. The monoisotopic (exact) mass is 384 g/mol. The Labute approximate surface area is 169 Å². The molecule has 0 saturated carbocycles. The van der Waals surface area contributed by atoms with Gasteiger partial charge in [-0.2, -0.15) is 0 Å². The topological polar surface area (TPSA) is 0 Å². The summed E-state index contributed by atoms with van der Waals surface area (Å²) in [6.07, 6.45) is 23.5. The molecule has 0 spiro atoms. The van der Waals surface area contributed by atoms with E-state index in [2.05, 4.69) is 33.9 Å². The van der Waals surface area contributed by atoms with Crippen molar-refractivity contribution in [3.63, 3.8) is 0 Å². The lowest BCUT2D eigenvalue weighted by atomic mass is 10.0. The first-order valence-electron chi connectivity index (χ1n) is 12.5. The van der Waals surface area contributed by atoms with Gasteiger partial charge in [-0.3, -0.25) is 0 Å². The van der Waals surface area contributed by atoms with Crippen molar-refractivity contribution in [1.29, 1.82) is 0 Å². The highest BCUT2D eigenvalue weighted by atomic mass is 28.3. The third-order valence-electron chi connectivity index (χ3n) is 6.81. The Morgan fingerprint density at radius 3 is 1.04 bits per heavy atom. The lowest BCUT2D eigenvalue weighted by Gasteiger charge is -2.41. The van der Waals surface area contributed by atoms with E-state index in [1.807, 2.05) is 0 Å².